The van der Waals surface area contributed by atoms with Crippen LogP contribution in [0.25, 0.3) is 0 Å². The van der Waals surface area contributed by atoms with Gasteiger partial charge >= 0.3 is 11.9 Å². The molecule has 0 amide bonds. The summed E-state index contributed by atoms with van der Waals surface area (Å²) < 4.78 is 17.3. The van der Waals surface area contributed by atoms with E-state index in [1.807, 2.05) is 0 Å². The summed E-state index contributed by atoms with van der Waals surface area (Å²) in [5.41, 5.74) is 0. The monoisotopic (exact) mass is 783 g/mol. The van der Waals surface area contributed by atoms with Crippen molar-refractivity contribution >= 4 is 11.9 Å². The first-order valence-electron chi connectivity index (χ1n) is 23.8. The number of hydrogen-bond acceptors (Lipinski definition) is 5. The second-order valence-electron chi connectivity index (χ2n) is 15.6. The van der Waals surface area contributed by atoms with Crippen molar-refractivity contribution in [2.75, 3.05) is 19.8 Å². The molecular weight excluding hydrogens is 693 g/mol. The molecule has 0 bridgehead atoms. The zero-order valence-corrected chi connectivity index (χ0v) is 37.1. The minimum absolute atomic E-state index is 0.0748. The molecule has 5 heteroatoms. The molecule has 0 N–H and O–H groups in total. The number of esters is 2. The van der Waals surface area contributed by atoms with Gasteiger partial charge in [-0.3, -0.25) is 9.59 Å². The maximum atomic E-state index is 12.7. The van der Waals surface area contributed by atoms with Crippen LogP contribution in [0.5, 0.6) is 0 Å². The van der Waals surface area contributed by atoms with Gasteiger partial charge in [0, 0.05) is 19.4 Å². The molecule has 0 heterocycles. The predicted octanol–water partition coefficient (Wildman–Crippen LogP) is 15.8. The second-order valence-corrected chi connectivity index (χ2v) is 15.6. The summed E-state index contributed by atoms with van der Waals surface area (Å²) in [5.74, 6) is -0.422. The first kappa shape index (κ1) is 53.6. The molecule has 0 saturated heterocycles. The molecule has 0 aliphatic carbocycles. The number of rotatable bonds is 43. The SMILES string of the molecule is CC/C=C\C/C=C\C/C=C\C/C=C\CCCCCCCCC(=O)OCC(COCCCCCCCCCC)OC(=O)CCCCCCC/C=C\CCCCCC. The summed E-state index contributed by atoms with van der Waals surface area (Å²) in [7, 11) is 0. The quantitative estimate of drug-likeness (QED) is 0.0350. The molecule has 0 rings (SSSR count). The van der Waals surface area contributed by atoms with E-state index in [-0.39, 0.29) is 25.2 Å². The van der Waals surface area contributed by atoms with Crippen molar-refractivity contribution in [3.63, 3.8) is 0 Å². The number of ether oxygens (including phenoxy) is 3. The number of carbonyl (C=O) groups is 2. The molecule has 0 radical (unpaired) electrons. The van der Waals surface area contributed by atoms with Gasteiger partial charge in [-0.25, -0.2) is 0 Å². The number of carbonyl (C=O) groups excluding carboxylic acids is 2. The van der Waals surface area contributed by atoms with Crippen LogP contribution in [-0.4, -0.2) is 37.9 Å². The molecule has 1 unspecified atom stereocenters. The van der Waals surface area contributed by atoms with Crippen molar-refractivity contribution in [3.05, 3.63) is 60.8 Å². The fraction of sp³-hybridized carbons (Fsp3) is 0.765. The van der Waals surface area contributed by atoms with Crippen LogP contribution in [0.3, 0.4) is 0 Å². The zero-order valence-electron chi connectivity index (χ0n) is 37.1. The van der Waals surface area contributed by atoms with Crippen LogP contribution in [0.1, 0.15) is 226 Å². The van der Waals surface area contributed by atoms with E-state index in [9.17, 15) is 9.59 Å². The molecule has 5 nitrogen and oxygen atoms in total. The summed E-state index contributed by atoms with van der Waals surface area (Å²) in [5, 5.41) is 0. The smallest absolute Gasteiger partial charge is 0.306 e. The molecule has 0 aliphatic rings. The van der Waals surface area contributed by atoms with Gasteiger partial charge in [-0.15, -0.1) is 0 Å². The van der Waals surface area contributed by atoms with Crippen LogP contribution < -0.4 is 0 Å². The molecular formula is C51H90O5. The second kappa shape index (κ2) is 47.0. The van der Waals surface area contributed by atoms with Crippen molar-refractivity contribution in [2.45, 2.75) is 232 Å². The first-order valence-corrected chi connectivity index (χ1v) is 23.8. The Hall–Kier alpha value is -2.40. The van der Waals surface area contributed by atoms with Crippen molar-refractivity contribution in [1.29, 1.82) is 0 Å². The highest BCUT2D eigenvalue weighted by atomic mass is 16.6. The fourth-order valence-corrected chi connectivity index (χ4v) is 6.49. The highest BCUT2D eigenvalue weighted by Gasteiger charge is 2.17. The lowest BCUT2D eigenvalue weighted by Crippen LogP contribution is -2.30. The highest BCUT2D eigenvalue weighted by Crippen LogP contribution is 2.13. The molecule has 0 aromatic rings. The summed E-state index contributed by atoms with van der Waals surface area (Å²) in [6, 6.07) is 0. The van der Waals surface area contributed by atoms with E-state index in [1.165, 1.54) is 103 Å². The molecule has 324 valence electrons. The van der Waals surface area contributed by atoms with Gasteiger partial charge in [0.05, 0.1) is 6.61 Å². The van der Waals surface area contributed by atoms with Gasteiger partial charge in [-0.2, -0.15) is 0 Å². The summed E-state index contributed by atoms with van der Waals surface area (Å²) in [6.45, 7) is 7.67. The van der Waals surface area contributed by atoms with Gasteiger partial charge in [-0.1, -0.05) is 191 Å². The minimum Gasteiger partial charge on any atom is -0.462 e. The van der Waals surface area contributed by atoms with Crippen LogP contribution in [-0.2, 0) is 23.8 Å². The minimum atomic E-state index is -0.542. The Morgan fingerprint density at radius 3 is 1.32 bits per heavy atom. The van der Waals surface area contributed by atoms with Crippen LogP contribution in [0.15, 0.2) is 60.8 Å². The Balaban J connectivity index is 4.20. The van der Waals surface area contributed by atoms with Crippen LogP contribution in [0.4, 0.5) is 0 Å². The Kier molecular flexibility index (Phi) is 45.0. The van der Waals surface area contributed by atoms with Gasteiger partial charge in [0.25, 0.3) is 0 Å². The topological polar surface area (TPSA) is 61.8 Å². The van der Waals surface area contributed by atoms with E-state index in [0.29, 0.717) is 19.4 Å². The molecule has 0 aromatic carbocycles. The van der Waals surface area contributed by atoms with E-state index in [2.05, 4.69) is 81.5 Å². The lowest BCUT2D eigenvalue weighted by atomic mass is 10.1. The van der Waals surface area contributed by atoms with Gasteiger partial charge in [0.2, 0.25) is 0 Å². The Morgan fingerprint density at radius 2 is 0.804 bits per heavy atom. The van der Waals surface area contributed by atoms with Gasteiger partial charge in [0.1, 0.15) is 6.61 Å². The average molecular weight is 783 g/mol. The van der Waals surface area contributed by atoms with Crippen molar-refractivity contribution in [2.24, 2.45) is 0 Å². The third kappa shape index (κ3) is 44.3. The van der Waals surface area contributed by atoms with Crippen LogP contribution in [0, 0.1) is 0 Å². The lowest BCUT2D eigenvalue weighted by molar-refractivity contribution is -0.163. The molecule has 0 aliphatic heterocycles. The maximum Gasteiger partial charge on any atom is 0.306 e. The van der Waals surface area contributed by atoms with Crippen molar-refractivity contribution in [1.82, 2.24) is 0 Å². The Morgan fingerprint density at radius 1 is 0.411 bits per heavy atom. The Labute approximate surface area is 347 Å². The fourth-order valence-electron chi connectivity index (χ4n) is 6.49. The summed E-state index contributed by atoms with van der Waals surface area (Å²) >= 11 is 0. The third-order valence-electron chi connectivity index (χ3n) is 10.0. The summed E-state index contributed by atoms with van der Waals surface area (Å²) in [4.78, 5) is 25.2. The molecule has 0 aromatic heterocycles. The highest BCUT2D eigenvalue weighted by molar-refractivity contribution is 5.70. The zero-order chi connectivity index (χ0) is 40.7. The van der Waals surface area contributed by atoms with Crippen molar-refractivity contribution in [3.8, 4) is 0 Å². The standard InChI is InChI=1S/C51H90O5/c1-4-7-10-13-16-19-21-23-24-25-26-27-28-30-31-33-35-38-41-44-50(52)55-48-49(47-54-46-43-40-37-18-15-12-9-6-3)56-51(53)45-42-39-36-34-32-29-22-20-17-14-11-8-5-2/h7,10,16,19-20,22-24,26-27,49H,4-6,8-9,11-15,17-18,21,25,28-48H2,1-3H3/b10-7-,19-16-,22-20-,24-23-,27-26-. The van der Waals surface area contributed by atoms with E-state index in [1.54, 1.807) is 0 Å². The van der Waals surface area contributed by atoms with Crippen LogP contribution >= 0.6 is 0 Å². The Bertz CT molecular complexity index is 977. The molecule has 1 atom stereocenters. The first-order chi connectivity index (χ1) is 27.6. The van der Waals surface area contributed by atoms with Gasteiger partial charge < -0.3 is 14.2 Å². The largest absolute Gasteiger partial charge is 0.462 e. The normalized spacial score (nSPS) is 12.7. The predicted molar refractivity (Wildman–Crippen MR) is 242 cm³/mol. The van der Waals surface area contributed by atoms with E-state index >= 15 is 0 Å². The van der Waals surface area contributed by atoms with Gasteiger partial charge in [0.15, 0.2) is 6.10 Å². The third-order valence-corrected chi connectivity index (χ3v) is 10.0. The van der Waals surface area contributed by atoms with Crippen molar-refractivity contribution < 1.29 is 23.8 Å². The molecule has 0 spiro atoms. The molecule has 56 heavy (non-hydrogen) atoms. The van der Waals surface area contributed by atoms with Crippen LogP contribution in [0.2, 0.25) is 0 Å². The average Bonchev–Trinajstić information content (AvgIpc) is 3.20. The molecule has 0 fully saturated rings. The summed E-state index contributed by atoms with van der Waals surface area (Å²) in [6.07, 6.45) is 57.9. The van der Waals surface area contributed by atoms with Gasteiger partial charge in [-0.05, 0) is 83.5 Å². The van der Waals surface area contributed by atoms with E-state index < -0.39 is 6.10 Å². The number of allylic oxidation sites excluding steroid dienone is 10. The van der Waals surface area contributed by atoms with E-state index in [4.69, 9.17) is 14.2 Å². The van der Waals surface area contributed by atoms with E-state index in [0.717, 1.165) is 89.9 Å². The number of unbranched alkanes of at least 4 members (excludes halogenated alkanes) is 22. The lowest BCUT2D eigenvalue weighted by Gasteiger charge is -2.18. The maximum absolute atomic E-state index is 12.7. The number of hydrogen-bond donors (Lipinski definition) is 0. The molecule has 0 saturated carbocycles.